The largest absolute Gasteiger partial charge is 0.463 e. The molecule has 0 spiro atoms. The molecule has 0 radical (unpaired) electrons. The van der Waals surface area contributed by atoms with Crippen LogP contribution in [-0.4, -0.2) is 26.1 Å². The molecule has 3 rings (SSSR count). The normalized spacial score (nSPS) is 12.8. The number of carbonyl (C=O) groups excluding carboxylic acids is 1. The van der Waals surface area contributed by atoms with Crippen LogP contribution in [0, 0.1) is 0 Å². The maximum atomic E-state index is 12.6. The summed E-state index contributed by atoms with van der Waals surface area (Å²) in [4.78, 5) is 24.7. The van der Waals surface area contributed by atoms with Crippen molar-refractivity contribution in [2.75, 3.05) is 0 Å². The number of nitrogens with zero attached hydrogens (tertiary/aromatic N) is 3. The number of aryl methyl sites for hydroxylation is 1. The van der Waals surface area contributed by atoms with Crippen LogP contribution in [0.15, 0.2) is 27.6 Å². The fraction of sp³-hybridized carbons (Fsp3) is 0.438. The minimum Gasteiger partial charge on any atom is -0.463 e. The fourth-order valence-corrected chi connectivity index (χ4v) is 2.62. The van der Waals surface area contributed by atoms with E-state index in [4.69, 9.17) is 4.42 Å². The van der Waals surface area contributed by atoms with Crippen LogP contribution in [0.5, 0.6) is 0 Å². The summed E-state index contributed by atoms with van der Waals surface area (Å²) in [6.45, 7) is 5.79. The molecule has 0 aliphatic heterocycles. The van der Waals surface area contributed by atoms with Crippen LogP contribution in [0.25, 0.3) is 16.6 Å². The predicted octanol–water partition coefficient (Wildman–Crippen LogP) is 1.72. The van der Waals surface area contributed by atoms with Crippen molar-refractivity contribution in [3.05, 3.63) is 34.6 Å². The van der Waals surface area contributed by atoms with Crippen molar-refractivity contribution in [2.24, 2.45) is 0 Å². The zero-order valence-corrected chi connectivity index (χ0v) is 13.5. The summed E-state index contributed by atoms with van der Waals surface area (Å²) < 4.78 is 8.39. The van der Waals surface area contributed by atoms with Gasteiger partial charge in [0, 0.05) is 24.6 Å². The Morgan fingerprint density at radius 2 is 2.17 bits per heavy atom. The van der Waals surface area contributed by atoms with E-state index in [-0.39, 0.29) is 24.1 Å². The van der Waals surface area contributed by atoms with Crippen LogP contribution in [0.4, 0.5) is 0 Å². The lowest BCUT2D eigenvalue weighted by atomic mass is 10.2. The number of rotatable bonds is 5. The second-order valence-corrected chi connectivity index (χ2v) is 5.64. The van der Waals surface area contributed by atoms with E-state index in [1.54, 1.807) is 16.7 Å². The Labute approximate surface area is 132 Å². The van der Waals surface area contributed by atoms with E-state index in [9.17, 15) is 9.59 Å². The van der Waals surface area contributed by atoms with Crippen LogP contribution in [0.2, 0.25) is 0 Å². The molecule has 7 nitrogen and oxygen atoms in total. The number of hydrogen-bond donors (Lipinski definition) is 1. The smallest absolute Gasteiger partial charge is 0.291 e. The topological polar surface area (TPSA) is 81.5 Å². The lowest BCUT2D eigenvalue weighted by Crippen LogP contribution is -2.38. The van der Waals surface area contributed by atoms with Gasteiger partial charge in [0.15, 0.2) is 5.58 Å². The van der Waals surface area contributed by atoms with E-state index in [0.717, 1.165) is 11.9 Å². The predicted molar refractivity (Wildman–Crippen MR) is 86.5 cm³/mol. The highest BCUT2D eigenvalue weighted by atomic mass is 16.3. The van der Waals surface area contributed by atoms with Crippen LogP contribution in [-0.2, 0) is 17.8 Å². The third-order valence-electron chi connectivity index (χ3n) is 4.00. The van der Waals surface area contributed by atoms with Crippen LogP contribution >= 0.6 is 0 Å². The lowest BCUT2D eigenvalue weighted by molar-refractivity contribution is -0.122. The zero-order valence-electron chi connectivity index (χ0n) is 13.5. The van der Waals surface area contributed by atoms with Gasteiger partial charge in [0.25, 0.3) is 5.56 Å². The molecule has 3 aromatic heterocycles. The van der Waals surface area contributed by atoms with Crippen molar-refractivity contribution in [3.8, 4) is 0 Å². The average Bonchev–Trinajstić information content (AvgIpc) is 3.11. The SMILES string of the molecule is CCc1nn(CC(=O)N[C@H](C)CC)c(=O)c2cc3occc3n12. The molecule has 7 heteroatoms. The number of fused-ring (bicyclic) bond motifs is 3. The number of amides is 1. The van der Waals surface area contributed by atoms with Crippen molar-refractivity contribution in [1.29, 1.82) is 0 Å². The molecule has 0 saturated heterocycles. The van der Waals surface area contributed by atoms with Crippen molar-refractivity contribution >= 4 is 22.5 Å². The molecule has 0 unspecified atom stereocenters. The van der Waals surface area contributed by atoms with Crippen molar-refractivity contribution in [2.45, 2.75) is 46.2 Å². The summed E-state index contributed by atoms with van der Waals surface area (Å²) in [5.41, 5.74) is 1.63. The number of nitrogens with one attached hydrogen (secondary N) is 1. The first-order chi connectivity index (χ1) is 11.0. The molecule has 122 valence electrons. The number of carbonyl (C=O) groups is 1. The second-order valence-electron chi connectivity index (χ2n) is 5.64. The maximum Gasteiger partial charge on any atom is 0.291 e. The van der Waals surface area contributed by atoms with Gasteiger partial charge in [-0.2, -0.15) is 5.10 Å². The summed E-state index contributed by atoms with van der Waals surface area (Å²) in [7, 11) is 0. The summed E-state index contributed by atoms with van der Waals surface area (Å²) in [5.74, 6) is 0.503. The van der Waals surface area contributed by atoms with Crippen molar-refractivity contribution < 1.29 is 9.21 Å². The Kier molecular flexibility index (Phi) is 3.94. The first-order valence-electron chi connectivity index (χ1n) is 7.83. The van der Waals surface area contributed by atoms with E-state index in [2.05, 4.69) is 10.4 Å². The molecule has 1 atom stereocenters. The molecular weight excluding hydrogens is 296 g/mol. The van der Waals surface area contributed by atoms with E-state index >= 15 is 0 Å². The Hall–Kier alpha value is -2.57. The van der Waals surface area contributed by atoms with Gasteiger partial charge in [-0.25, -0.2) is 4.68 Å². The third kappa shape index (κ3) is 2.62. The molecule has 1 N–H and O–H groups in total. The minimum atomic E-state index is -0.298. The van der Waals surface area contributed by atoms with Crippen molar-refractivity contribution in [3.63, 3.8) is 0 Å². The molecule has 23 heavy (non-hydrogen) atoms. The van der Waals surface area contributed by atoms with Gasteiger partial charge in [-0.15, -0.1) is 0 Å². The summed E-state index contributed by atoms with van der Waals surface area (Å²) in [6, 6.07) is 3.58. The Morgan fingerprint density at radius 1 is 1.39 bits per heavy atom. The van der Waals surface area contributed by atoms with Gasteiger partial charge in [0.2, 0.25) is 5.91 Å². The van der Waals surface area contributed by atoms with E-state index in [1.807, 2.05) is 26.8 Å². The molecule has 0 aliphatic carbocycles. The summed E-state index contributed by atoms with van der Waals surface area (Å²) in [6.07, 6.45) is 3.06. The van der Waals surface area contributed by atoms with Gasteiger partial charge in [0.1, 0.15) is 17.9 Å². The van der Waals surface area contributed by atoms with Crippen LogP contribution < -0.4 is 10.9 Å². The first-order valence-corrected chi connectivity index (χ1v) is 7.83. The number of hydrogen-bond acceptors (Lipinski definition) is 4. The molecule has 0 saturated carbocycles. The Balaban J connectivity index is 2.06. The Bertz CT molecular complexity index is 919. The first kappa shape index (κ1) is 15.3. The van der Waals surface area contributed by atoms with Crippen molar-refractivity contribution in [1.82, 2.24) is 19.5 Å². The maximum absolute atomic E-state index is 12.6. The third-order valence-corrected chi connectivity index (χ3v) is 4.00. The van der Waals surface area contributed by atoms with Gasteiger partial charge in [-0.3, -0.25) is 14.0 Å². The van der Waals surface area contributed by atoms with E-state index < -0.39 is 0 Å². The van der Waals surface area contributed by atoms with Crippen LogP contribution in [0.1, 0.15) is 33.0 Å². The molecule has 1 amide bonds. The average molecular weight is 316 g/mol. The highest BCUT2D eigenvalue weighted by molar-refractivity contribution is 5.82. The monoisotopic (exact) mass is 316 g/mol. The molecule has 0 bridgehead atoms. The molecule has 0 aromatic carbocycles. The fourth-order valence-electron chi connectivity index (χ4n) is 2.62. The standard InChI is InChI=1S/C16H20N4O3/c1-4-10(3)17-15(21)9-19-16(22)12-8-13-11(6-7-23-13)20(12)14(5-2)18-19/h6-8,10H,4-5,9H2,1-3H3,(H,17,21)/t10-/m1/s1. The van der Waals surface area contributed by atoms with E-state index in [0.29, 0.717) is 23.3 Å². The molecule has 0 fully saturated rings. The second kappa shape index (κ2) is 5.91. The Morgan fingerprint density at radius 3 is 2.87 bits per heavy atom. The van der Waals surface area contributed by atoms with Crippen LogP contribution in [0.3, 0.4) is 0 Å². The molecule has 3 aromatic rings. The minimum absolute atomic E-state index is 0.0724. The molecule has 0 aliphatic rings. The summed E-state index contributed by atoms with van der Waals surface area (Å²) in [5, 5.41) is 7.21. The molecule has 3 heterocycles. The number of aromatic nitrogens is 3. The zero-order chi connectivity index (χ0) is 16.6. The number of furan rings is 1. The van der Waals surface area contributed by atoms with Gasteiger partial charge in [-0.1, -0.05) is 13.8 Å². The molecular formula is C16H20N4O3. The highest BCUT2D eigenvalue weighted by Crippen LogP contribution is 2.20. The van der Waals surface area contributed by atoms with Gasteiger partial charge in [-0.05, 0) is 13.3 Å². The quantitative estimate of drug-likeness (QED) is 0.777. The van der Waals surface area contributed by atoms with Gasteiger partial charge in [0.05, 0.1) is 11.8 Å². The highest BCUT2D eigenvalue weighted by Gasteiger charge is 2.16. The van der Waals surface area contributed by atoms with E-state index in [1.165, 1.54) is 4.68 Å². The van der Waals surface area contributed by atoms with Gasteiger partial charge < -0.3 is 9.73 Å². The van der Waals surface area contributed by atoms with Gasteiger partial charge >= 0.3 is 0 Å². The summed E-state index contributed by atoms with van der Waals surface area (Å²) >= 11 is 0. The lowest BCUT2D eigenvalue weighted by Gasteiger charge is -2.13.